The molecule has 0 unspecified atom stereocenters. The maximum Gasteiger partial charge on any atom is 0.223 e. The molecule has 1 rings (SSSR count). The molecule has 0 N–H and O–H groups in total. The molecule has 1 aromatic carbocycles. The van der Waals surface area contributed by atoms with Gasteiger partial charge in [-0.05, 0) is 12.0 Å². The third-order valence-electron chi connectivity index (χ3n) is 3.51. The van der Waals surface area contributed by atoms with Crippen LogP contribution in [0.4, 0.5) is 0 Å². The number of rotatable bonds is 13. The minimum absolute atomic E-state index is 0.0943. The highest BCUT2D eigenvalue weighted by molar-refractivity contribution is 5.79. The molecule has 0 bridgehead atoms. The highest BCUT2D eigenvalue weighted by Gasteiger charge is 2.17. The van der Waals surface area contributed by atoms with Crippen LogP contribution in [0, 0.1) is 5.92 Å². The summed E-state index contributed by atoms with van der Waals surface area (Å²) in [5.41, 5.74) is 1.03. The van der Waals surface area contributed by atoms with Crippen molar-refractivity contribution in [2.75, 3.05) is 47.3 Å². The molecular formula is C18H26NO5. The monoisotopic (exact) mass is 336 g/mol. The van der Waals surface area contributed by atoms with Crippen LogP contribution < -0.4 is 0 Å². The van der Waals surface area contributed by atoms with Gasteiger partial charge in [-0.1, -0.05) is 30.3 Å². The fourth-order valence-corrected chi connectivity index (χ4v) is 2.07. The molecule has 6 heteroatoms. The Bertz CT molecular complexity index is 466. The second-order valence-electron chi connectivity index (χ2n) is 5.45. The number of likely N-dealkylation sites (N-methyl/N-ethyl adjacent to an activating group) is 1. The second kappa shape index (κ2) is 12.6. The van der Waals surface area contributed by atoms with Gasteiger partial charge >= 0.3 is 0 Å². The molecule has 0 heterocycles. The summed E-state index contributed by atoms with van der Waals surface area (Å²) in [6, 6.07) is 9.63. The van der Waals surface area contributed by atoms with E-state index in [1.165, 1.54) is 0 Å². The van der Waals surface area contributed by atoms with Gasteiger partial charge in [0.15, 0.2) is 0 Å². The van der Waals surface area contributed by atoms with E-state index in [1.54, 1.807) is 19.1 Å². The van der Waals surface area contributed by atoms with Crippen molar-refractivity contribution in [1.29, 1.82) is 0 Å². The number of hydrogen-bond donors (Lipinski definition) is 0. The molecular weight excluding hydrogens is 310 g/mol. The molecule has 0 spiro atoms. The number of amides is 1. The van der Waals surface area contributed by atoms with E-state index in [2.05, 4.69) is 0 Å². The van der Waals surface area contributed by atoms with Crippen LogP contribution >= 0.6 is 0 Å². The highest BCUT2D eigenvalue weighted by Crippen LogP contribution is 2.11. The Labute approximate surface area is 143 Å². The summed E-state index contributed by atoms with van der Waals surface area (Å²) in [6.45, 7) is 1.99. The van der Waals surface area contributed by atoms with E-state index in [9.17, 15) is 9.59 Å². The fourth-order valence-electron chi connectivity index (χ4n) is 2.07. The summed E-state index contributed by atoms with van der Waals surface area (Å²) in [7, 11) is 3.30. The van der Waals surface area contributed by atoms with Crippen LogP contribution in [0.25, 0.3) is 0 Å². The summed E-state index contributed by atoms with van der Waals surface area (Å²) in [5.74, 6) is -0.524. The Kier molecular flexibility index (Phi) is 10.7. The summed E-state index contributed by atoms with van der Waals surface area (Å²) in [5, 5.41) is 0. The van der Waals surface area contributed by atoms with Crippen LogP contribution in [0.15, 0.2) is 30.3 Å². The number of ether oxygens (including phenoxy) is 3. The molecule has 0 aromatic heterocycles. The van der Waals surface area contributed by atoms with E-state index in [-0.39, 0.29) is 19.1 Å². The predicted molar refractivity (Wildman–Crippen MR) is 90.2 cm³/mol. The largest absolute Gasteiger partial charge is 0.382 e. The molecule has 24 heavy (non-hydrogen) atoms. The lowest BCUT2D eigenvalue weighted by molar-refractivity contribution is -0.132. The molecule has 0 aliphatic heterocycles. The van der Waals surface area contributed by atoms with Crippen molar-refractivity contribution in [3.8, 4) is 0 Å². The SMILES string of the molecule is COCCOCOCCN(C)C(=O)C[C@H]([C]=O)Cc1ccccc1. The molecule has 1 amide bonds. The van der Waals surface area contributed by atoms with Gasteiger partial charge in [0.2, 0.25) is 12.2 Å². The van der Waals surface area contributed by atoms with Crippen LogP contribution in [-0.2, 0) is 30.2 Å². The summed E-state index contributed by atoms with van der Waals surface area (Å²) < 4.78 is 15.3. The average molecular weight is 336 g/mol. The fraction of sp³-hybridized carbons (Fsp3) is 0.556. The molecule has 1 atom stereocenters. The van der Waals surface area contributed by atoms with Gasteiger partial charge in [-0.3, -0.25) is 9.59 Å². The molecule has 1 radical (unpaired) electrons. The van der Waals surface area contributed by atoms with Crippen LogP contribution in [0.2, 0.25) is 0 Å². The Morgan fingerprint density at radius 3 is 2.54 bits per heavy atom. The summed E-state index contributed by atoms with van der Waals surface area (Å²) in [4.78, 5) is 24.8. The average Bonchev–Trinajstić information content (AvgIpc) is 2.61. The van der Waals surface area contributed by atoms with E-state index in [1.807, 2.05) is 36.6 Å². The molecule has 133 valence electrons. The van der Waals surface area contributed by atoms with Crippen molar-refractivity contribution in [2.45, 2.75) is 12.8 Å². The molecule has 0 aliphatic rings. The van der Waals surface area contributed by atoms with Gasteiger partial charge in [0, 0.05) is 33.0 Å². The van der Waals surface area contributed by atoms with Gasteiger partial charge in [-0.2, -0.15) is 0 Å². The lowest BCUT2D eigenvalue weighted by Crippen LogP contribution is -2.32. The third kappa shape index (κ3) is 8.76. The first-order valence-corrected chi connectivity index (χ1v) is 7.97. The minimum Gasteiger partial charge on any atom is -0.382 e. The maximum atomic E-state index is 12.2. The number of hydrogen-bond acceptors (Lipinski definition) is 5. The minimum atomic E-state index is -0.430. The Balaban J connectivity index is 2.23. The van der Waals surface area contributed by atoms with Crippen LogP contribution in [0.5, 0.6) is 0 Å². The number of benzene rings is 1. The zero-order valence-electron chi connectivity index (χ0n) is 14.4. The van der Waals surface area contributed by atoms with Crippen molar-refractivity contribution in [3.63, 3.8) is 0 Å². The van der Waals surface area contributed by atoms with Crippen molar-refractivity contribution in [2.24, 2.45) is 5.92 Å². The standard InChI is InChI=1S/C18H26NO5/c1-19(8-9-23-15-24-11-10-22-2)18(21)13-17(14-20)12-16-6-4-3-5-7-16/h3-7,17H,8-13,15H2,1-2H3/t17-/m1/s1. The Hall–Kier alpha value is -1.76. The van der Waals surface area contributed by atoms with Gasteiger partial charge in [0.25, 0.3) is 0 Å². The topological polar surface area (TPSA) is 65.1 Å². The number of nitrogens with zero attached hydrogens (tertiary/aromatic N) is 1. The first-order valence-electron chi connectivity index (χ1n) is 7.97. The molecule has 0 saturated carbocycles. The van der Waals surface area contributed by atoms with E-state index in [4.69, 9.17) is 14.2 Å². The van der Waals surface area contributed by atoms with Crippen LogP contribution in [0.3, 0.4) is 0 Å². The van der Waals surface area contributed by atoms with E-state index in [0.29, 0.717) is 32.8 Å². The molecule has 0 saturated heterocycles. The number of carbonyl (C=O) groups is 1. The first kappa shape index (κ1) is 20.3. The van der Waals surface area contributed by atoms with Gasteiger partial charge in [0.1, 0.15) is 6.79 Å². The van der Waals surface area contributed by atoms with Gasteiger partial charge in [-0.15, -0.1) is 0 Å². The van der Waals surface area contributed by atoms with Crippen molar-refractivity contribution >= 4 is 12.2 Å². The summed E-state index contributed by atoms with van der Waals surface area (Å²) >= 11 is 0. The van der Waals surface area contributed by atoms with E-state index in [0.717, 1.165) is 5.56 Å². The molecule has 6 nitrogen and oxygen atoms in total. The van der Waals surface area contributed by atoms with Crippen LogP contribution in [0.1, 0.15) is 12.0 Å². The van der Waals surface area contributed by atoms with Crippen molar-refractivity contribution in [1.82, 2.24) is 4.90 Å². The normalized spacial score (nSPS) is 11.9. The van der Waals surface area contributed by atoms with Crippen molar-refractivity contribution in [3.05, 3.63) is 35.9 Å². The molecule has 1 aromatic rings. The zero-order chi connectivity index (χ0) is 17.6. The second-order valence-corrected chi connectivity index (χ2v) is 5.45. The van der Waals surface area contributed by atoms with Crippen LogP contribution in [-0.4, -0.2) is 64.4 Å². The Morgan fingerprint density at radius 1 is 1.17 bits per heavy atom. The van der Waals surface area contributed by atoms with Crippen molar-refractivity contribution < 1.29 is 23.8 Å². The lowest BCUT2D eigenvalue weighted by atomic mass is 9.97. The quantitative estimate of drug-likeness (QED) is 0.403. The first-order chi connectivity index (χ1) is 11.7. The van der Waals surface area contributed by atoms with Gasteiger partial charge < -0.3 is 19.1 Å². The number of carbonyl (C=O) groups excluding carboxylic acids is 2. The number of methoxy groups -OCH3 is 1. The predicted octanol–water partition coefficient (Wildman–Crippen LogP) is 1.44. The molecule has 0 aliphatic carbocycles. The van der Waals surface area contributed by atoms with E-state index >= 15 is 0 Å². The van der Waals surface area contributed by atoms with Gasteiger partial charge in [0.05, 0.1) is 19.8 Å². The summed E-state index contributed by atoms with van der Waals surface area (Å²) in [6.07, 6.45) is 2.65. The van der Waals surface area contributed by atoms with E-state index < -0.39 is 5.92 Å². The zero-order valence-corrected chi connectivity index (χ0v) is 14.4. The van der Waals surface area contributed by atoms with Gasteiger partial charge in [-0.25, -0.2) is 0 Å². The highest BCUT2D eigenvalue weighted by atomic mass is 16.7. The molecule has 0 fully saturated rings. The lowest BCUT2D eigenvalue weighted by Gasteiger charge is -2.19. The Morgan fingerprint density at radius 2 is 1.88 bits per heavy atom. The third-order valence-corrected chi connectivity index (χ3v) is 3.51. The smallest absolute Gasteiger partial charge is 0.223 e. The maximum absolute atomic E-state index is 12.2.